The topological polar surface area (TPSA) is 43.6 Å². The van der Waals surface area contributed by atoms with E-state index in [2.05, 4.69) is 47.0 Å². The second-order valence-corrected chi connectivity index (χ2v) is 14.6. The molecule has 0 spiro atoms. The molecule has 262 valence electrons. The van der Waals surface area contributed by atoms with Crippen molar-refractivity contribution in [1.29, 1.82) is 0 Å². The van der Waals surface area contributed by atoms with Gasteiger partial charge < -0.3 is 4.57 Å². The summed E-state index contributed by atoms with van der Waals surface area (Å²) < 4.78 is 57.5. The molecule has 0 aliphatic carbocycles. The van der Waals surface area contributed by atoms with Crippen LogP contribution in [0.2, 0.25) is 0 Å². The van der Waals surface area contributed by atoms with E-state index >= 15 is 0 Å². The number of hydrogen-bond acceptors (Lipinski definition) is 4. The Morgan fingerprint density at radius 2 is 1.02 bits per heavy atom. The zero-order valence-electron chi connectivity index (χ0n) is 35.7. The maximum absolute atomic E-state index is 9.66. The monoisotopic (exact) mass is 738 g/mol. The largest absolute Gasteiger partial charge is 0.309 e. The van der Waals surface area contributed by atoms with Gasteiger partial charge in [0.05, 0.1) is 24.9 Å². The third kappa shape index (κ3) is 5.40. The summed E-state index contributed by atoms with van der Waals surface area (Å²) in [4.78, 5) is 15.0. The summed E-state index contributed by atoms with van der Waals surface area (Å²) in [6, 6.07) is 50.8. The van der Waals surface area contributed by atoms with Crippen LogP contribution in [0.15, 0.2) is 194 Å². The van der Waals surface area contributed by atoms with Crippen molar-refractivity contribution in [3.8, 4) is 62.1 Å². The number of nitrogens with zero attached hydrogens (tertiary/aromatic N) is 4. The maximum Gasteiger partial charge on any atom is 0.164 e. The first kappa shape index (κ1) is 26.5. The summed E-state index contributed by atoms with van der Waals surface area (Å²) in [6.45, 7) is 0. The molecule has 0 fully saturated rings. The highest BCUT2D eigenvalue weighted by Gasteiger charge is 2.21. The smallest absolute Gasteiger partial charge is 0.164 e. The van der Waals surface area contributed by atoms with Gasteiger partial charge in [-0.05, 0) is 47.5 Å². The lowest BCUT2D eigenvalue weighted by molar-refractivity contribution is 1.07. The molecular weight excluding hydrogens is 701 g/mol. The average molecular weight is 739 g/mol. The fraction of sp³-hybridized carbons (Fsp3) is 0. The number of fused-ring (bicyclic) bond motifs is 6. The van der Waals surface area contributed by atoms with E-state index in [0.717, 1.165) is 44.1 Å². The fourth-order valence-corrected chi connectivity index (χ4v) is 8.70. The Morgan fingerprint density at radius 1 is 0.411 bits per heavy atom. The summed E-state index contributed by atoms with van der Waals surface area (Å²) in [5, 5.41) is 2.64. The van der Waals surface area contributed by atoms with Crippen LogP contribution >= 0.6 is 11.3 Å². The van der Waals surface area contributed by atoms with Crippen LogP contribution in [0, 0.1) is 0 Å². The van der Waals surface area contributed by atoms with Crippen LogP contribution in [0.4, 0.5) is 0 Å². The summed E-state index contributed by atoms with van der Waals surface area (Å²) in [6.07, 6.45) is 0. The third-order valence-electron chi connectivity index (χ3n) is 10.2. The lowest BCUT2D eigenvalue weighted by atomic mass is 9.98. The molecule has 56 heavy (non-hydrogen) atoms. The minimum atomic E-state index is -0.309. The normalized spacial score (nSPS) is 13.1. The van der Waals surface area contributed by atoms with Crippen LogP contribution in [0.1, 0.15) is 8.22 Å². The predicted octanol–water partition coefficient (Wildman–Crippen LogP) is 13.7. The van der Waals surface area contributed by atoms with E-state index in [1.807, 2.05) is 109 Å². The Bertz CT molecular complexity index is 3530. The van der Waals surface area contributed by atoms with Gasteiger partial charge in [0.25, 0.3) is 0 Å². The van der Waals surface area contributed by atoms with E-state index in [0.29, 0.717) is 49.3 Å². The molecule has 0 atom stereocenters. The summed E-state index contributed by atoms with van der Waals surface area (Å²) in [7, 11) is 0. The molecule has 8 aromatic carbocycles. The first-order chi connectivity index (χ1) is 30.2. The zero-order valence-corrected chi connectivity index (χ0v) is 30.5. The molecule has 3 aromatic heterocycles. The summed E-state index contributed by atoms with van der Waals surface area (Å²) in [5.41, 5.74) is 7.92. The van der Waals surface area contributed by atoms with Crippen molar-refractivity contribution in [2.45, 2.75) is 0 Å². The van der Waals surface area contributed by atoms with Gasteiger partial charge in [-0.2, -0.15) is 0 Å². The number of rotatable bonds is 6. The highest BCUT2D eigenvalue weighted by molar-refractivity contribution is 7.26. The van der Waals surface area contributed by atoms with Gasteiger partial charge in [0, 0.05) is 58.8 Å². The van der Waals surface area contributed by atoms with Crippen molar-refractivity contribution >= 4 is 53.3 Å². The number of thiophene rings is 1. The molecular formula is C51H32N4S. The first-order valence-corrected chi connectivity index (χ1v) is 19.1. The van der Waals surface area contributed by atoms with Gasteiger partial charge >= 0.3 is 0 Å². The first-order valence-electron chi connectivity index (χ1n) is 21.3. The van der Waals surface area contributed by atoms with Crippen molar-refractivity contribution in [2.24, 2.45) is 0 Å². The molecule has 3 heterocycles. The van der Waals surface area contributed by atoms with Crippen LogP contribution in [0.5, 0.6) is 0 Å². The zero-order chi connectivity index (χ0) is 42.2. The lowest BCUT2D eigenvalue weighted by Gasteiger charge is -2.17. The molecule has 0 saturated carbocycles. The second kappa shape index (κ2) is 13.3. The molecule has 11 aromatic rings. The van der Waals surface area contributed by atoms with Crippen molar-refractivity contribution < 1.29 is 8.22 Å². The van der Waals surface area contributed by atoms with E-state index in [-0.39, 0.29) is 47.0 Å². The highest BCUT2D eigenvalue weighted by Crippen LogP contribution is 2.44. The Balaban J connectivity index is 1.27. The minimum Gasteiger partial charge on any atom is -0.309 e. The number of para-hydroxylation sites is 1. The molecule has 11 rings (SSSR count). The van der Waals surface area contributed by atoms with Crippen LogP contribution in [-0.2, 0) is 0 Å². The molecule has 0 N–H and O–H groups in total. The van der Waals surface area contributed by atoms with Crippen LogP contribution < -0.4 is 0 Å². The molecule has 0 saturated heterocycles. The van der Waals surface area contributed by atoms with Gasteiger partial charge in [0.15, 0.2) is 17.5 Å². The Hall–Kier alpha value is -7.21. The summed E-state index contributed by atoms with van der Waals surface area (Å²) >= 11 is 1.22. The van der Waals surface area contributed by atoms with Crippen molar-refractivity contribution in [2.75, 3.05) is 0 Å². The van der Waals surface area contributed by atoms with Crippen molar-refractivity contribution in [3.63, 3.8) is 0 Å². The quantitative estimate of drug-likeness (QED) is 0.171. The number of aromatic nitrogens is 4. The SMILES string of the molecule is [2H]c1cc([2H])c2sc3c(-c4cc(-c5nc(-c6ccccc6)nc(-c6ccccc6)n5)ccc4-n4c5ccccc5c5ccc(-c6ccccc6)cc54)c([2H])c([2H])c([2H])c3c2c1[2H]. The minimum absolute atomic E-state index is 0.0579. The van der Waals surface area contributed by atoms with Gasteiger partial charge in [-0.25, -0.2) is 15.0 Å². The molecule has 4 nitrogen and oxygen atoms in total. The predicted molar refractivity (Wildman–Crippen MR) is 234 cm³/mol. The van der Waals surface area contributed by atoms with E-state index in [4.69, 9.17) is 19.1 Å². The van der Waals surface area contributed by atoms with E-state index in [9.17, 15) is 4.11 Å². The van der Waals surface area contributed by atoms with Gasteiger partial charge in [-0.3, -0.25) is 0 Å². The number of hydrogen-bond donors (Lipinski definition) is 0. The van der Waals surface area contributed by atoms with Gasteiger partial charge in [-0.1, -0.05) is 158 Å². The standard InChI is InChI=1S/C51H32N4S/c1-4-15-33(16-5-1)36-27-29-39-38-21-10-12-25-44(38)55(46(39)32-36)45-30-28-37(31-43(45)42-24-14-23-41-40-22-11-13-26-47(40)56-48(41)42)51-53-49(34-17-6-2-7-18-34)52-50(54-51)35-19-8-3-9-20-35/h1-32H/i11D,14D,22D,23D,24D,26D. The third-order valence-corrected chi connectivity index (χ3v) is 11.4. The Kier molecular flexibility index (Phi) is 6.29. The van der Waals surface area contributed by atoms with Crippen LogP contribution in [0.25, 0.3) is 104 Å². The van der Waals surface area contributed by atoms with E-state index in [1.54, 1.807) is 0 Å². The van der Waals surface area contributed by atoms with E-state index < -0.39 is 0 Å². The average Bonchev–Trinajstić information content (AvgIpc) is 3.88. The van der Waals surface area contributed by atoms with Gasteiger partial charge in [-0.15, -0.1) is 11.3 Å². The Labute approximate surface area is 336 Å². The lowest BCUT2D eigenvalue weighted by Crippen LogP contribution is -2.02. The highest BCUT2D eigenvalue weighted by atomic mass is 32.1. The molecule has 0 bridgehead atoms. The van der Waals surface area contributed by atoms with Gasteiger partial charge in [0.2, 0.25) is 0 Å². The molecule has 0 unspecified atom stereocenters. The number of benzene rings is 8. The molecule has 0 aliphatic rings. The molecule has 0 aliphatic heterocycles. The van der Waals surface area contributed by atoms with E-state index in [1.165, 1.54) is 17.4 Å². The Morgan fingerprint density at radius 3 is 1.75 bits per heavy atom. The van der Waals surface area contributed by atoms with Gasteiger partial charge in [0.1, 0.15) is 0 Å². The van der Waals surface area contributed by atoms with Crippen LogP contribution in [0.3, 0.4) is 0 Å². The van der Waals surface area contributed by atoms with Crippen molar-refractivity contribution in [1.82, 2.24) is 19.5 Å². The molecule has 0 radical (unpaired) electrons. The molecule has 5 heteroatoms. The second-order valence-electron chi connectivity index (χ2n) is 13.5. The van der Waals surface area contributed by atoms with Crippen LogP contribution in [-0.4, -0.2) is 19.5 Å². The van der Waals surface area contributed by atoms with Crippen molar-refractivity contribution in [3.05, 3.63) is 194 Å². The fourth-order valence-electron chi connectivity index (χ4n) is 7.61. The summed E-state index contributed by atoms with van der Waals surface area (Å²) in [5.74, 6) is 1.39. The maximum atomic E-state index is 9.66. The molecule has 0 amide bonds.